The molecule has 0 saturated carbocycles. The molecule has 0 fully saturated rings. The minimum absolute atomic E-state index is 0.0213. The Hall–Kier alpha value is -5.10. The SMILES string of the molecule is COC(CC1OC(=O)CC(O)C/C=C/C(=O)C(C)C(OC)C(=O)NC(=O)c2coc(n2)-c2coc(n2)/C=C/CCC1C)C(C)CCC(=O)C(C)C(C/C=C/N(C)C=O)OC. The summed E-state index contributed by atoms with van der Waals surface area (Å²) in [5.74, 6) is -4.31. The summed E-state index contributed by atoms with van der Waals surface area (Å²) in [7, 11) is 5.97. The number of fused-ring (bicyclic) bond motifs is 5. The maximum Gasteiger partial charge on any atom is 0.308 e. The Morgan fingerprint density at radius 3 is 2.42 bits per heavy atom. The van der Waals surface area contributed by atoms with Crippen molar-refractivity contribution >= 4 is 41.8 Å². The fourth-order valence-electron chi connectivity index (χ4n) is 6.69. The number of methoxy groups -OCH3 is 3. The molecule has 1 aliphatic heterocycles. The van der Waals surface area contributed by atoms with Crippen LogP contribution in [0.2, 0.25) is 0 Å². The number of ether oxygens (including phenoxy) is 4. The number of hydrogen-bond acceptors (Lipinski definition) is 15. The van der Waals surface area contributed by atoms with Gasteiger partial charge >= 0.3 is 5.97 Å². The second-order valence-electron chi connectivity index (χ2n) is 15.2. The largest absolute Gasteiger partial charge is 0.462 e. The molecule has 17 nitrogen and oxygen atoms in total. The van der Waals surface area contributed by atoms with E-state index < -0.39 is 47.8 Å². The van der Waals surface area contributed by atoms with Crippen LogP contribution in [0.25, 0.3) is 17.7 Å². The molecule has 2 aromatic rings. The number of carbonyl (C=O) groups excluding carboxylic acids is 6. The average molecular weight is 841 g/mol. The molecule has 2 aromatic heterocycles. The number of ketones is 2. The molecule has 2 N–H and O–H groups in total. The number of Topliss-reactive ketones (excluding diaryl/α,β-unsaturated/α-hetero) is 1. The third-order valence-corrected chi connectivity index (χ3v) is 10.7. The minimum Gasteiger partial charge on any atom is -0.462 e. The molecule has 0 aromatic carbocycles. The van der Waals surface area contributed by atoms with Gasteiger partial charge in [-0.25, -0.2) is 9.97 Å². The number of amides is 3. The first-order valence-electron chi connectivity index (χ1n) is 20.1. The van der Waals surface area contributed by atoms with Gasteiger partial charge in [0.05, 0.1) is 30.7 Å². The van der Waals surface area contributed by atoms with E-state index in [4.69, 9.17) is 27.8 Å². The Balaban J connectivity index is 1.78. The molecule has 0 saturated heterocycles. The molecule has 0 aliphatic carbocycles. The van der Waals surface area contributed by atoms with Crippen molar-refractivity contribution in [3.63, 3.8) is 0 Å². The van der Waals surface area contributed by atoms with Crippen LogP contribution in [0.3, 0.4) is 0 Å². The van der Waals surface area contributed by atoms with Gasteiger partial charge in [-0.2, -0.15) is 0 Å². The third kappa shape index (κ3) is 15.2. The van der Waals surface area contributed by atoms with Gasteiger partial charge in [0.1, 0.15) is 30.5 Å². The molecule has 17 heteroatoms. The van der Waals surface area contributed by atoms with E-state index in [1.54, 1.807) is 39.6 Å². The number of imide groups is 1. The number of cyclic esters (lactones) is 1. The fourth-order valence-corrected chi connectivity index (χ4v) is 6.69. The molecule has 60 heavy (non-hydrogen) atoms. The highest BCUT2D eigenvalue weighted by Crippen LogP contribution is 2.28. The summed E-state index contributed by atoms with van der Waals surface area (Å²) < 4.78 is 33.7. The number of esters is 1. The van der Waals surface area contributed by atoms with Crippen molar-refractivity contribution < 1.29 is 61.7 Å². The lowest BCUT2D eigenvalue weighted by molar-refractivity contribution is -0.156. The number of allylic oxidation sites excluding steroid dienone is 2. The molecule has 0 spiro atoms. The van der Waals surface area contributed by atoms with Crippen molar-refractivity contribution in [2.45, 2.75) is 110 Å². The first kappa shape index (κ1) is 49.3. The summed E-state index contributed by atoms with van der Waals surface area (Å²) in [6.07, 6.45) is 11.0. The van der Waals surface area contributed by atoms with Crippen LogP contribution in [0, 0.1) is 23.7 Å². The smallest absolute Gasteiger partial charge is 0.308 e. The Kier molecular flexibility index (Phi) is 20.4. The van der Waals surface area contributed by atoms with Crippen LogP contribution >= 0.6 is 0 Å². The number of aliphatic hydroxyl groups is 1. The molecule has 0 radical (unpaired) electrons. The van der Waals surface area contributed by atoms with Gasteiger partial charge in [-0.05, 0) is 56.1 Å². The highest BCUT2D eigenvalue weighted by atomic mass is 16.5. The van der Waals surface area contributed by atoms with E-state index >= 15 is 0 Å². The second kappa shape index (κ2) is 24.9. The zero-order valence-electron chi connectivity index (χ0n) is 35.7. The molecule has 1 aliphatic rings. The molecule has 9 unspecified atom stereocenters. The summed E-state index contributed by atoms with van der Waals surface area (Å²) in [6.45, 7) is 7.22. The van der Waals surface area contributed by atoms with Gasteiger partial charge in [0.15, 0.2) is 17.2 Å². The maximum atomic E-state index is 13.3. The standard InChI is InChI=1S/C43H60N4O13/c1-26-13-9-10-17-38-44-32(24-58-38)43-45-31(23-59-43)41(53)46-42(54)40(57-8)29(4)33(50)15-11-14-30(49)21-39(52)60-37(26)22-36(56-7)27(2)18-19-34(51)28(3)35(55-6)16-12-20-47(5)25-48/h10-12,15,17,20,23-30,35-37,40,49H,9,13-14,16,18-19,21-22H2,1-8H3,(H,46,53,54)/b15-11+,17-10+,20-12+. The summed E-state index contributed by atoms with van der Waals surface area (Å²) in [5, 5.41) is 12.9. The lowest BCUT2D eigenvalue weighted by Gasteiger charge is -2.31. The zero-order chi connectivity index (χ0) is 44.4. The van der Waals surface area contributed by atoms with Crippen LogP contribution in [-0.2, 0) is 42.9 Å². The van der Waals surface area contributed by atoms with E-state index in [1.807, 2.05) is 26.8 Å². The quantitative estimate of drug-likeness (QED) is 0.138. The normalized spacial score (nSPS) is 24.6. The van der Waals surface area contributed by atoms with E-state index in [0.29, 0.717) is 38.5 Å². The third-order valence-electron chi connectivity index (χ3n) is 10.7. The van der Waals surface area contributed by atoms with Crippen molar-refractivity contribution in [3.05, 3.63) is 54.6 Å². The van der Waals surface area contributed by atoms with Crippen molar-refractivity contribution in [2.24, 2.45) is 23.7 Å². The molecule has 330 valence electrons. The van der Waals surface area contributed by atoms with Crippen molar-refractivity contribution in [2.75, 3.05) is 28.4 Å². The van der Waals surface area contributed by atoms with Gasteiger partial charge in [-0.1, -0.05) is 45.9 Å². The van der Waals surface area contributed by atoms with E-state index in [9.17, 15) is 33.9 Å². The first-order chi connectivity index (χ1) is 28.6. The molecule has 4 bridgehead atoms. The Bertz CT molecular complexity index is 1820. The Morgan fingerprint density at radius 1 is 1.02 bits per heavy atom. The monoisotopic (exact) mass is 840 g/mol. The van der Waals surface area contributed by atoms with E-state index in [1.165, 1.54) is 37.3 Å². The predicted octanol–water partition coefficient (Wildman–Crippen LogP) is 4.89. The van der Waals surface area contributed by atoms with Crippen LogP contribution in [0.5, 0.6) is 0 Å². The highest BCUT2D eigenvalue weighted by Gasteiger charge is 2.32. The number of carbonyl (C=O) groups is 6. The Morgan fingerprint density at radius 2 is 1.73 bits per heavy atom. The maximum absolute atomic E-state index is 13.3. The average Bonchev–Trinajstić information content (AvgIpc) is 3.91. The molecule has 3 heterocycles. The highest BCUT2D eigenvalue weighted by molar-refractivity contribution is 6.06. The van der Waals surface area contributed by atoms with Gasteiger partial charge in [0.2, 0.25) is 18.2 Å². The molecular weight excluding hydrogens is 780 g/mol. The van der Waals surface area contributed by atoms with E-state index in [2.05, 4.69) is 15.3 Å². The molecule has 3 amide bonds. The summed E-state index contributed by atoms with van der Waals surface area (Å²) >= 11 is 0. The van der Waals surface area contributed by atoms with Gasteiger partial charge in [-0.3, -0.25) is 34.1 Å². The summed E-state index contributed by atoms with van der Waals surface area (Å²) in [4.78, 5) is 86.0. The number of nitrogens with one attached hydrogen (secondary N) is 1. The number of oxazole rings is 2. The van der Waals surface area contributed by atoms with Gasteiger partial charge < -0.3 is 37.8 Å². The molecule has 3 rings (SSSR count). The Labute approximate surface area is 350 Å². The van der Waals surface area contributed by atoms with Crippen LogP contribution < -0.4 is 5.32 Å². The topological polar surface area (TPSA) is 227 Å². The number of rotatable bonds is 15. The number of aliphatic hydroxyl groups excluding tert-OH is 1. The summed E-state index contributed by atoms with van der Waals surface area (Å²) in [6, 6.07) is 0. The van der Waals surface area contributed by atoms with Crippen LogP contribution in [0.1, 0.15) is 95.4 Å². The lowest BCUT2D eigenvalue weighted by Crippen LogP contribution is -2.44. The second-order valence-corrected chi connectivity index (χ2v) is 15.2. The van der Waals surface area contributed by atoms with Gasteiger partial charge in [0, 0.05) is 53.3 Å². The van der Waals surface area contributed by atoms with Gasteiger partial charge in [-0.15, -0.1) is 0 Å². The number of hydrogen-bond donors (Lipinski definition) is 2. The van der Waals surface area contributed by atoms with E-state index in [-0.39, 0.29) is 78.2 Å². The number of nitrogens with zero attached hydrogens (tertiary/aromatic N) is 3. The summed E-state index contributed by atoms with van der Waals surface area (Å²) in [5.41, 5.74) is 0.000850. The van der Waals surface area contributed by atoms with Crippen molar-refractivity contribution in [1.29, 1.82) is 0 Å². The first-order valence-corrected chi connectivity index (χ1v) is 20.1. The lowest BCUT2D eigenvalue weighted by atomic mass is 9.86. The van der Waals surface area contributed by atoms with E-state index in [0.717, 1.165) is 6.26 Å². The van der Waals surface area contributed by atoms with Crippen molar-refractivity contribution in [3.8, 4) is 11.6 Å². The van der Waals surface area contributed by atoms with Crippen LogP contribution in [-0.4, -0.2) is 115 Å². The molecular formula is C43H60N4O13. The van der Waals surface area contributed by atoms with Crippen LogP contribution in [0.15, 0.2) is 51.9 Å². The number of aromatic nitrogens is 2. The minimum atomic E-state index is -1.34. The van der Waals surface area contributed by atoms with Crippen molar-refractivity contribution in [1.82, 2.24) is 20.2 Å². The zero-order valence-corrected chi connectivity index (χ0v) is 35.7. The predicted molar refractivity (Wildman–Crippen MR) is 217 cm³/mol. The van der Waals surface area contributed by atoms with Crippen LogP contribution in [0.4, 0.5) is 0 Å². The molecule has 9 atom stereocenters. The fraction of sp³-hybridized carbons (Fsp3) is 0.581. The van der Waals surface area contributed by atoms with Gasteiger partial charge in [0.25, 0.3) is 11.8 Å².